The van der Waals surface area contributed by atoms with Gasteiger partial charge in [0.1, 0.15) is 0 Å². The second-order valence-electron chi connectivity index (χ2n) is 6.21. The first-order valence-corrected chi connectivity index (χ1v) is 8.17. The molecule has 1 aromatic heterocycles. The molecule has 1 aliphatic heterocycles. The van der Waals surface area contributed by atoms with Crippen molar-refractivity contribution in [2.24, 2.45) is 0 Å². The molecule has 0 radical (unpaired) electrons. The number of rotatable bonds is 2. The monoisotopic (exact) mass is 339 g/mol. The summed E-state index contributed by atoms with van der Waals surface area (Å²) in [6.45, 7) is 4.75. The van der Waals surface area contributed by atoms with Crippen LogP contribution in [0.2, 0.25) is 0 Å². The average molecular weight is 339 g/mol. The molecule has 0 bridgehead atoms. The van der Waals surface area contributed by atoms with Crippen LogP contribution in [0.25, 0.3) is 10.9 Å². The van der Waals surface area contributed by atoms with Gasteiger partial charge in [0.15, 0.2) is 0 Å². The number of aryl methyl sites for hydroxylation is 1. The number of pyridine rings is 1. The molecule has 24 heavy (non-hydrogen) atoms. The number of benzene rings is 1. The van der Waals surface area contributed by atoms with Crippen LogP contribution < -0.4 is 5.56 Å². The molecular formula is C18H20F3NO2. The summed E-state index contributed by atoms with van der Waals surface area (Å²) in [4.78, 5) is 12.9. The normalized spacial score (nSPS) is 16.7. The van der Waals surface area contributed by atoms with Gasteiger partial charge in [-0.05, 0) is 43.9 Å². The Morgan fingerprint density at radius 2 is 1.92 bits per heavy atom. The van der Waals surface area contributed by atoms with Crippen LogP contribution in [0.5, 0.6) is 0 Å². The molecule has 0 amide bonds. The first-order valence-electron chi connectivity index (χ1n) is 8.17. The molecule has 0 unspecified atom stereocenters. The second-order valence-corrected chi connectivity index (χ2v) is 6.21. The zero-order valence-corrected chi connectivity index (χ0v) is 13.7. The van der Waals surface area contributed by atoms with E-state index in [9.17, 15) is 18.0 Å². The minimum absolute atomic E-state index is 0.122. The molecule has 2 aromatic rings. The van der Waals surface area contributed by atoms with Gasteiger partial charge in [0.25, 0.3) is 5.56 Å². The quantitative estimate of drug-likeness (QED) is 0.819. The molecule has 1 aliphatic rings. The van der Waals surface area contributed by atoms with Crippen LogP contribution in [0.15, 0.2) is 23.0 Å². The standard InChI is InChI=1S/C18H20F3NO2/c1-3-14-11(2)15-5-4-12(18(19,20)21)10-16(15)22(17(14)23)13-6-8-24-9-7-13/h4-5,10,13H,3,6-9H2,1-2H3. The molecule has 1 saturated heterocycles. The smallest absolute Gasteiger partial charge is 0.381 e. The van der Waals surface area contributed by atoms with Gasteiger partial charge in [0.05, 0.1) is 11.1 Å². The van der Waals surface area contributed by atoms with Crippen molar-refractivity contribution in [2.45, 2.75) is 45.3 Å². The number of fused-ring (bicyclic) bond motifs is 1. The van der Waals surface area contributed by atoms with E-state index in [1.807, 2.05) is 13.8 Å². The van der Waals surface area contributed by atoms with Crippen LogP contribution in [0.4, 0.5) is 13.2 Å². The Bertz CT molecular complexity index is 818. The van der Waals surface area contributed by atoms with Gasteiger partial charge in [-0.1, -0.05) is 13.0 Å². The lowest BCUT2D eigenvalue weighted by molar-refractivity contribution is -0.137. The molecule has 0 atom stereocenters. The Kier molecular flexibility index (Phi) is 4.42. The highest BCUT2D eigenvalue weighted by molar-refractivity contribution is 5.84. The van der Waals surface area contributed by atoms with Crippen LogP contribution >= 0.6 is 0 Å². The molecule has 2 heterocycles. The first-order chi connectivity index (χ1) is 11.3. The molecule has 1 fully saturated rings. The van der Waals surface area contributed by atoms with E-state index < -0.39 is 11.7 Å². The fourth-order valence-corrected chi connectivity index (χ4v) is 3.52. The maximum absolute atomic E-state index is 13.1. The maximum Gasteiger partial charge on any atom is 0.416 e. The van der Waals surface area contributed by atoms with Crippen molar-refractivity contribution in [1.29, 1.82) is 0 Å². The van der Waals surface area contributed by atoms with Gasteiger partial charge < -0.3 is 9.30 Å². The Hall–Kier alpha value is -1.82. The second kappa shape index (κ2) is 6.24. The summed E-state index contributed by atoms with van der Waals surface area (Å²) in [5.41, 5.74) is 0.923. The van der Waals surface area contributed by atoms with E-state index >= 15 is 0 Å². The van der Waals surface area contributed by atoms with Crippen molar-refractivity contribution in [3.05, 3.63) is 45.2 Å². The van der Waals surface area contributed by atoms with Gasteiger partial charge in [-0.3, -0.25) is 4.79 Å². The molecule has 0 spiro atoms. The number of hydrogen-bond donors (Lipinski definition) is 0. The summed E-state index contributed by atoms with van der Waals surface area (Å²) >= 11 is 0. The lowest BCUT2D eigenvalue weighted by atomic mass is 9.98. The van der Waals surface area contributed by atoms with Gasteiger partial charge in [-0.25, -0.2) is 0 Å². The van der Waals surface area contributed by atoms with Crippen molar-refractivity contribution in [2.75, 3.05) is 13.2 Å². The van der Waals surface area contributed by atoms with Gasteiger partial charge in [-0.15, -0.1) is 0 Å². The predicted octanol–water partition coefficient (Wildman–Crippen LogP) is 4.24. The zero-order valence-electron chi connectivity index (χ0n) is 13.7. The fraction of sp³-hybridized carbons (Fsp3) is 0.500. The van der Waals surface area contributed by atoms with E-state index in [-0.39, 0.29) is 11.6 Å². The molecule has 3 rings (SSSR count). The molecule has 1 aromatic carbocycles. The zero-order chi connectivity index (χ0) is 17.5. The summed E-state index contributed by atoms with van der Waals surface area (Å²) in [5.74, 6) is 0. The predicted molar refractivity (Wildman–Crippen MR) is 86.4 cm³/mol. The molecule has 0 N–H and O–H groups in total. The molecule has 6 heteroatoms. The third-order valence-electron chi connectivity index (χ3n) is 4.83. The molecule has 3 nitrogen and oxygen atoms in total. The topological polar surface area (TPSA) is 31.2 Å². The lowest BCUT2D eigenvalue weighted by Gasteiger charge is -2.27. The molecule has 0 saturated carbocycles. The highest BCUT2D eigenvalue weighted by Gasteiger charge is 2.31. The van der Waals surface area contributed by atoms with E-state index in [1.54, 1.807) is 4.57 Å². The third kappa shape index (κ3) is 2.83. The summed E-state index contributed by atoms with van der Waals surface area (Å²) in [6, 6.07) is 3.57. The highest BCUT2D eigenvalue weighted by Crippen LogP contribution is 2.34. The van der Waals surface area contributed by atoms with Crippen LogP contribution in [-0.2, 0) is 17.3 Å². The molecule has 0 aliphatic carbocycles. The number of aromatic nitrogens is 1. The van der Waals surface area contributed by atoms with E-state index in [0.29, 0.717) is 48.9 Å². The van der Waals surface area contributed by atoms with E-state index in [0.717, 1.165) is 17.7 Å². The third-order valence-corrected chi connectivity index (χ3v) is 4.83. The van der Waals surface area contributed by atoms with Gasteiger partial charge in [0, 0.05) is 30.2 Å². The largest absolute Gasteiger partial charge is 0.416 e. The van der Waals surface area contributed by atoms with Crippen LogP contribution in [-0.4, -0.2) is 17.8 Å². The van der Waals surface area contributed by atoms with E-state index in [1.165, 1.54) is 6.07 Å². The van der Waals surface area contributed by atoms with Crippen LogP contribution in [0.1, 0.15) is 42.5 Å². The summed E-state index contributed by atoms with van der Waals surface area (Å²) < 4.78 is 46.3. The van der Waals surface area contributed by atoms with E-state index in [4.69, 9.17) is 4.74 Å². The highest BCUT2D eigenvalue weighted by atomic mass is 19.4. The fourth-order valence-electron chi connectivity index (χ4n) is 3.52. The minimum Gasteiger partial charge on any atom is -0.381 e. The maximum atomic E-state index is 13.1. The van der Waals surface area contributed by atoms with E-state index in [2.05, 4.69) is 0 Å². The van der Waals surface area contributed by atoms with Crippen LogP contribution in [0, 0.1) is 6.92 Å². The first kappa shape index (κ1) is 17.0. The number of alkyl halides is 3. The Labute approximate surface area is 138 Å². The Morgan fingerprint density at radius 3 is 2.50 bits per heavy atom. The lowest BCUT2D eigenvalue weighted by Crippen LogP contribution is -2.32. The van der Waals surface area contributed by atoms with Crippen molar-refractivity contribution < 1.29 is 17.9 Å². The number of halogens is 3. The Balaban J connectivity index is 2.34. The van der Waals surface area contributed by atoms with Crippen molar-refractivity contribution in [3.8, 4) is 0 Å². The Morgan fingerprint density at radius 1 is 1.25 bits per heavy atom. The summed E-state index contributed by atoms with van der Waals surface area (Å²) in [7, 11) is 0. The number of hydrogen-bond acceptors (Lipinski definition) is 2. The van der Waals surface area contributed by atoms with Crippen molar-refractivity contribution >= 4 is 10.9 Å². The number of ether oxygens (including phenoxy) is 1. The van der Waals surface area contributed by atoms with Gasteiger partial charge in [0.2, 0.25) is 0 Å². The SMILES string of the molecule is CCc1c(C)c2ccc(C(F)(F)F)cc2n(C2CCOCC2)c1=O. The van der Waals surface area contributed by atoms with Crippen molar-refractivity contribution in [3.63, 3.8) is 0 Å². The molecular weight excluding hydrogens is 319 g/mol. The molecule has 130 valence electrons. The average Bonchev–Trinajstić information content (AvgIpc) is 2.55. The van der Waals surface area contributed by atoms with Gasteiger partial charge in [-0.2, -0.15) is 13.2 Å². The van der Waals surface area contributed by atoms with Crippen LogP contribution in [0.3, 0.4) is 0 Å². The summed E-state index contributed by atoms with van der Waals surface area (Å²) in [5, 5.41) is 0.714. The van der Waals surface area contributed by atoms with Crippen molar-refractivity contribution in [1.82, 2.24) is 4.57 Å². The minimum atomic E-state index is -4.43. The van der Waals surface area contributed by atoms with Gasteiger partial charge >= 0.3 is 6.18 Å². The number of nitrogens with zero attached hydrogens (tertiary/aromatic N) is 1. The summed E-state index contributed by atoms with van der Waals surface area (Å²) in [6.07, 6.45) is -2.60.